The molecule has 8 nitrogen and oxygen atoms in total. The first kappa shape index (κ1) is 23.4. The number of hydrogen-bond acceptors (Lipinski definition) is 7. The van der Waals surface area contributed by atoms with Gasteiger partial charge in [0.15, 0.2) is 5.16 Å². The first-order valence-corrected chi connectivity index (χ1v) is 12.9. The second kappa shape index (κ2) is 10.5. The Hall–Kier alpha value is -3.30. The van der Waals surface area contributed by atoms with E-state index in [-0.39, 0.29) is 17.7 Å². The summed E-state index contributed by atoms with van der Waals surface area (Å²) >= 11 is 1.38. The Bertz CT molecular complexity index is 1280. The summed E-state index contributed by atoms with van der Waals surface area (Å²) in [6.07, 6.45) is 0.938. The highest BCUT2D eigenvalue weighted by Gasteiger charge is 2.23. The van der Waals surface area contributed by atoms with Crippen LogP contribution >= 0.6 is 11.8 Å². The van der Waals surface area contributed by atoms with Crippen LogP contribution in [0.4, 0.5) is 5.95 Å². The molecule has 1 amide bonds. The van der Waals surface area contributed by atoms with E-state index in [1.807, 2.05) is 47.9 Å². The molecule has 35 heavy (non-hydrogen) atoms. The van der Waals surface area contributed by atoms with Crippen molar-refractivity contribution in [3.8, 4) is 5.69 Å². The third-order valence-corrected chi connectivity index (χ3v) is 7.00. The minimum absolute atomic E-state index is 0.0901. The van der Waals surface area contributed by atoms with Crippen molar-refractivity contribution >= 4 is 34.6 Å². The van der Waals surface area contributed by atoms with Crippen LogP contribution in [0.15, 0.2) is 64.2 Å². The van der Waals surface area contributed by atoms with Crippen molar-refractivity contribution in [2.24, 2.45) is 0 Å². The number of anilines is 1. The lowest BCUT2D eigenvalue weighted by Crippen LogP contribution is -2.37. The van der Waals surface area contributed by atoms with Gasteiger partial charge in [-0.05, 0) is 43.2 Å². The predicted octanol–water partition coefficient (Wildman–Crippen LogP) is 4.38. The van der Waals surface area contributed by atoms with Gasteiger partial charge in [-0.3, -0.25) is 9.36 Å². The molecule has 1 aliphatic heterocycles. The van der Waals surface area contributed by atoms with Gasteiger partial charge in [-0.15, -0.1) is 10.2 Å². The van der Waals surface area contributed by atoms with Gasteiger partial charge in [0.25, 0.3) is 0 Å². The van der Waals surface area contributed by atoms with Crippen LogP contribution in [0.25, 0.3) is 16.7 Å². The van der Waals surface area contributed by atoms with Gasteiger partial charge in [0.05, 0.1) is 30.7 Å². The number of nitrogens with one attached hydrogen (secondary N) is 1. The van der Waals surface area contributed by atoms with Crippen LogP contribution in [-0.4, -0.2) is 52.7 Å². The summed E-state index contributed by atoms with van der Waals surface area (Å²) in [5, 5.41) is 13.7. The molecule has 0 saturated carbocycles. The smallest absolute Gasteiger partial charge is 0.232 e. The van der Waals surface area contributed by atoms with E-state index in [1.165, 1.54) is 17.3 Å². The number of amides is 1. The lowest BCUT2D eigenvalue weighted by atomic mass is 10.1. The van der Waals surface area contributed by atoms with Gasteiger partial charge in [-0.1, -0.05) is 49.0 Å². The van der Waals surface area contributed by atoms with Crippen LogP contribution in [0.2, 0.25) is 0 Å². The Morgan fingerprint density at radius 1 is 1.11 bits per heavy atom. The Kier molecular flexibility index (Phi) is 7.06. The minimum atomic E-state index is -0.237. The monoisotopic (exact) mass is 491 g/mol. The highest BCUT2D eigenvalue weighted by Crippen LogP contribution is 2.28. The normalized spacial score (nSPS) is 14.9. The Morgan fingerprint density at radius 3 is 2.74 bits per heavy atom. The Balaban J connectivity index is 1.32. The zero-order valence-corrected chi connectivity index (χ0v) is 20.8. The molecule has 1 atom stereocenters. The predicted molar refractivity (Wildman–Crippen MR) is 137 cm³/mol. The molecule has 1 aliphatic rings. The molecule has 0 aliphatic carbocycles. The SMILES string of the molecule is CCc1cccc(-n2c(SCC(=O)N[C@H](C)c3cc4ccccc4o3)nnc2N2CCOCC2)c1. The summed E-state index contributed by atoms with van der Waals surface area (Å²) in [5.41, 5.74) is 3.04. The largest absolute Gasteiger partial charge is 0.459 e. The number of benzene rings is 2. The molecule has 0 unspecified atom stereocenters. The van der Waals surface area contributed by atoms with Gasteiger partial charge in [0, 0.05) is 18.5 Å². The number of fused-ring (bicyclic) bond motifs is 1. The molecule has 5 rings (SSSR count). The van der Waals surface area contributed by atoms with Crippen molar-refractivity contribution in [1.82, 2.24) is 20.1 Å². The van der Waals surface area contributed by atoms with Gasteiger partial charge in [0.1, 0.15) is 11.3 Å². The molecule has 2 aromatic heterocycles. The van der Waals surface area contributed by atoms with E-state index in [1.54, 1.807) is 0 Å². The number of aryl methyl sites for hydroxylation is 1. The van der Waals surface area contributed by atoms with Crippen molar-refractivity contribution in [2.75, 3.05) is 37.0 Å². The highest BCUT2D eigenvalue weighted by atomic mass is 32.2. The first-order valence-electron chi connectivity index (χ1n) is 11.9. The van der Waals surface area contributed by atoms with Gasteiger partial charge in [0.2, 0.25) is 11.9 Å². The lowest BCUT2D eigenvalue weighted by molar-refractivity contribution is -0.119. The maximum absolute atomic E-state index is 12.8. The fourth-order valence-electron chi connectivity index (χ4n) is 4.17. The van der Waals surface area contributed by atoms with Crippen LogP contribution < -0.4 is 10.2 Å². The summed E-state index contributed by atoms with van der Waals surface area (Å²) < 4.78 is 13.5. The molecule has 9 heteroatoms. The molecule has 2 aromatic carbocycles. The third-order valence-electron chi connectivity index (χ3n) is 6.07. The van der Waals surface area contributed by atoms with Gasteiger partial charge < -0.3 is 19.4 Å². The minimum Gasteiger partial charge on any atom is -0.459 e. The molecule has 3 heterocycles. The van der Waals surface area contributed by atoms with Gasteiger partial charge >= 0.3 is 0 Å². The number of furan rings is 1. The van der Waals surface area contributed by atoms with Crippen LogP contribution in [0.3, 0.4) is 0 Å². The quantitative estimate of drug-likeness (QED) is 0.366. The van der Waals surface area contributed by atoms with Crippen molar-refractivity contribution in [1.29, 1.82) is 0 Å². The number of aromatic nitrogens is 3. The molecule has 0 spiro atoms. The van der Waals surface area contributed by atoms with Crippen LogP contribution in [0.5, 0.6) is 0 Å². The summed E-state index contributed by atoms with van der Waals surface area (Å²) in [6, 6.07) is 17.9. The number of morpholine rings is 1. The fraction of sp³-hybridized carbons (Fsp3) is 0.346. The highest BCUT2D eigenvalue weighted by molar-refractivity contribution is 7.99. The van der Waals surface area contributed by atoms with Crippen LogP contribution in [-0.2, 0) is 16.0 Å². The van der Waals surface area contributed by atoms with Gasteiger partial charge in [-0.25, -0.2) is 0 Å². The van der Waals surface area contributed by atoms with Crippen LogP contribution in [0.1, 0.15) is 31.2 Å². The topological polar surface area (TPSA) is 85.4 Å². The molecular weight excluding hydrogens is 462 g/mol. The first-order chi connectivity index (χ1) is 17.1. The summed E-state index contributed by atoms with van der Waals surface area (Å²) in [5.74, 6) is 1.64. The number of rotatable bonds is 8. The fourth-order valence-corrected chi connectivity index (χ4v) is 4.92. The van der Waals surface area contributed by atoms with Crippen molar-refractivity contribution in [3.63, 3.8) is 0 Å². The molecule has 4 aromatic rings. The van der Waals surface area contributed by atoms with E-state index in [0.717, 1.165) is 47.9 Å². The second-order valence-corrected chi connectivity index (χ2v) is 9.45. The zero-order valence-electron chi connectivity index (χ0n) is 19.9. The number of nitrogens with zero attached hydrogens (tertiary/aromatic N) is 4. The Labute approximate surface area is 208 Å². The summed E-state index contributed by atoms with van der Waals surface area (Å²) in [4.78, 5) is 15.0. The molecule has 0 bridgehead atoms. The number of ether oxygens (including phenoxy) is 1. The van der Waals surface area contributed by atoms with E-state index < -0.39 is 0 Å². The molecule has 1 saturated heterocycles. The Morgan fingerprint density at radius 2 is 1.94 bits per heavy atom. The zero-order chi connectivity index (χ0) is 24.2. The van der Waals surface area contributed by atoms with Crippen molar-refractivity contribution < 1.29 is 13.9 Å². The third kappa shape index (κ3) is 5.21. The summed E-state index contributed by atoms with van der Waals surface area (Å²) in [7, 11) is 0. The average Bonchev–Trinajstić information content (AvgIpc) is 3.52. The number of para-hydroxylation sites is 1. The van der Waals surface area contributed by atoms with E-state index in [2.05, 4.69) is 45.5 Å². The number of thioether (sulfide) groups is 1. The maximum atomic E-state index is 12.8. The van der Waals surface area contributed by atoms with E-state index >= 15 is 0 Å². The van der Waals surface area contributed by atoms with E-state index in [4.69, 9.17) is 9.15 Å². The molecule has 182 valence electrons. The number of hydrogen-bond donors (Lipinski definition) is 1. The summed E-state index contributed by atoms with van der Waals surface area (Å²) in [6.45, 7) is 6.89. The van der Waals surface area contributed by atoms with E-state index in [0.29, 0.717) is 18.4 Å². The van der Waals surface area contributed by atoms with Gasteiger partial charge in [-0.2, -0.15) is 0 Å². The molecule has 1 N–H and O–H groups in total. The maximum Gasteiger partial charge on any atom is 0.232 e. The van der Waals surface area contributed by atoms with E-state index in [9.17, 15) is 4.79 Å². The molecular formula is C26H29N5O3S. The number of carbonyl (C=O) groups is 1. The van der Waals surface area contributed by atoms with Crippen molar-refractivity contribution in [2.45, 2.75) is 31.5 Å². The molecule has 1 fully saturated rings. The average molecular weight is 492 g/mol. The van der Waals surface area contributed by atoms with Crippen molar-refractivity contribution in [3.05, 3.63) is 65.9 Å². The van der Waals surface area contributed by atoms with Crippen LogP contribution in [0, 0.1) is 0 Å². The lowest BCUT2D eigenvalue weighted by Gasteiger charge is -2.28. The standard InChI is InChI=1S/C26H29N5O3S/c1-3-19-7-6-9-21(15-19)31-25(30-11-13-33-14-12-30)28-29-26(31)35-17-24(32)27-18(2)23-16-20-8-4-5-10-22(20)34-23/h4-10,15-16,18H,3,11-14,17H2,1-2H3,(H,27,32)/t18-/m1/s1. The number of carbonyl (C=O) groups excluding carboxylic acids is 1. The second-order valence-electron chi connectivity index (χ2n) is 8.51. The molecule has 0 radical (unpaired) electrons.